The molecule has 1 aromatic carbocycles. The van der Waals surface area contributed by atoms with Gasteiger partial charge in [0.05, 0.1) is 0 Å². The van der Waals surface area contributed by atoms with Crippen LogP contribution in [0.15, 0.2) is 24.3 Å². The topological polar surface area (TPSA) is 69.7 Å². The molecule has 128 valence electrons. The van der Waals surface area contributed by atoms with E-state index < -0.39 is 10.2 Å². The van der Waals surface area contributed by atoms with Gasteiger partial charge < -0.3 is 5.32 Å². The number of piperidine rings is 1. The van der Waals surface area contributed by atoms with Crippen molar-refractivity contribution in [1.29, 1.82) is 0 Å². The van der Waals surface area contributed by atoms with Gasteiger partial charge in [0.25, 0.3) is 10.2 Å². The van der Waals surface area contributed by atoms with E-state index >= 15 is 0 Å². The van der Waals surface area contributed by atoms with Gasteiger partial charge in [0.1, 0.15) is 0 Å². The van der Waals surface area contributed by atoms with Crippen LogP contribution in [0.4, 0.5) is 0 Å². The molecule has 1 heterocycles. The van der Waals surface area contributed by atoms with E-state index in [9.17, 15) is 13.2 Å². The zero-order valence-electron chi connectivity index (χ0n) is 13.3. The highest BCUT2D eigenvalue weighted by molar-refractivity contribution is 7.86. The van der Waals surface area contributed by atoms with E-state index in [1.807, 2.05) is 12.1 Å². The molecule has 1 saturated heterocycles. The summed E-state index contributed by atoms with van der Waals surface area (Å²) in [6.45, 7) is 1.20. The summed E-state index contributed by atoms with van der Waals surface area (Å²) in [7, 11) is -0.358. The standard InChI is InChI=1S/C15H22ClN3O3S/c1-18(2)23(21,22)19-9-7-13(8-10-19)15(20)17-11-12-3-5-14(16)6-4-12/h3-6,13H,7-11H2,1-2H3,(H,17,20). The van der Waals surface area contributed by atoms with E-state index in [0.717, 1.165) is 5.56 Å². The lowest BCUT2D eigenvalue weighted by atomic mass is 9.97. The highest BCUT2D eigenvalue weighted by atomic mass is 35.5. The number of carbonyl (C=O) groups is 1. The van der Waals surface area contributed by atoms with Gasteiger partial charge >= 0.3 is 0 Å². The van der Waals surface area contributed by atoms with Crippen LogP contribution in [0.2, 0.25) is 5.02 Å². The Morgan fingerprint density at radius 1 is 1.26 bits per heavy atom. The molecule has 0 radical (unpaired) electrons. The van der Waals surface area contributed by atoms with E-state index in [4.69, 9.17) is 11.6 Å². The van der Waals surface area contributed by atoms with E-state index in [-0.39, 0.29) is 11.8 Å². The van der Waals surface area contributed by atoms with Gasteiger partial charge in [0.2, 0.25) is 5.91 Å². The fraction of sp³-hybridized carbons (Fsp3) is 0.533. The number of amides is 1. The van der Waals surface area contributed by atoms with Gasteiger partial charge in [-0.1, -0.05) is 23.7 Å². The van der Waals surface area contributed by atoms with Gasteiger partial charge in [-0.2, -0.15) is 17.0 Å². The molecule has 0 atom stereocenters. The molecule has 23 heavy (non-hydrogen) atoms. The number of nitrogens with one attached hydrogen (secondary N) is 1. The molecule has 2 rings (SSSR count). The number of rotatable bonds is 5. The molecule has 1 N–H and O–H groups in total. The van der Waals surface area contributed by atoms with Gasteiger partial charge in [-0.3, -0.25) is 4.79 Å². The largest absolute Gasteiger partial charge is 0.352 e. The van der Waals surface area contributed by atoms with Crippen LogP contribution < -0.4 is 5.32 Å². The molecule has 1 aliphatic rings. The van der Waals surface area contributed by atoms with Crippen molar-refractivity contribution < 1.29 is 13.2 Å². The van der Waals surface area contributed by atoms with Crippen LogP contribution in [0.1, 0.15) is 18.4 Å². The lowest BCUT2D eigenvalue weighted by molar-refractivity contribution is -0.126. The van der Waals surface area contributed by atoms with Crippen LogP contribution >= 0.6 is 11.6 Å². The van der Waals surface area contributed by atoms with Crippen molar-refractivity contribution >= 4 is 27.7 Å². The van der Waals surface area contributed by atoms with E-state index in [1.165, 1.54) is 22.7 Å². The van der Waals surface area contributed by atoms with Crippen molar-refractivity contribution in [1.82, 2.24) is 13.9 Å². The van der Waals surface area contributed by atoms with Crippen molar-refractivity contribution in [3.63, 3.8) is 0 Å². The predicted octanol–water partition coefficient (Wildman–Crippen LogP) is 1.47. The lowest BCUT2D eigenvalue weighted by Crippen LogP contribution is -2.46. The summed E-state index contributed by atoms with van der Waals surface area (Å²) in [5.74, 6) is -0.169. The van der Waals surface area contributed by atoms with Crippen LogP contribution in [0.5, 0.6) is 0 Å². The zero-order chi connectivity index (χ0) is 17.0. The first-order chi connectivity index (χ1) is 10.8. The van der Waals surface area contributed by atoms with Crippen LogP contribution in [0.3, 0.4) is 0 Å². The fourth-order valence-electron chi connectivity index (χ4n) is 2.52. The number of carbonyl (C=O) groups excluding carboxylic acids is 1. The monoisotopic (exact) mass is 359 g/mol. The number of benzene rings is 1. The molecule has 0 spiro atoms. The number of hydrogen-bond acceptors (Lipinski definition) is 3. The summed E-state index contributed by atoms with van der Waals surface area (Å²) < 4.78 is 26.7. The first kappa shape index (κ1) is 18.2. The highest BCUT2D eigenvalue weighted by Crippen LogP contribution is 2.21. The molecule has 8 heteroatoms. The van der Waals surface area contributed by atoms with E-state index in [0.29, 0.717) is 37.5 Å². The number of nitrogens with zero attached hydrogens (tertiary/aromatic N) is 2. The average Bonchev–Trinajstić information content (AvgIpc) is 2.54. The van der Waals surface area contributed by atoms with E-state index in [1.54, 1.807) is 12.1 Å². The van der Waals surface area contributed by atoms with Crippen molar-refractivity contribution in [2.75, 3.05) is 27.2 Å². The average molecular weight is 360 g/mol. The van der Waals surface area contributed by atoms with Gasteiger partial charge in [-0.05, 0) is 30.5 Å². The molecule has 6 nitrogen and oxygen atoms in total. The summed E-state index contributed by atoms with van der Waals surface area (Å²) in [6.07, 6.45) is 1.08. The fourth-order valence-corrected chi connectivity index (χ4v) is 3.78. The Hall–Kier alpha value is -1.15. The third-order valence-corrected chi connectivity index (χ3v) is 6.19. The molecular weight excluding hydrogens is 338 g/mol. The molecule has 0 bridgehead atoms. The highest BCUT2D eigenvalue weighted by Gasteiger charge is 2.32. The Bertz CT molecular complexity index is 638. The Balaban J connectivity index is 1.83. The van der Waals surface area contributed by atoms with Crippen molar-refractivity contribution in [2.45, 2.75) is 19.4 Å². The summed E-state index contributed by atoms with van der Waals surface area (Å²) in [6, 6.07) is 7.31. The summed E-state index contributed by atoms with van der Waals surface area (Å²) in [5.41, 5.74) is 0.982. The summed E-state index contributed by atoms with van der Waals surface area (Å²) in [5, 5.41) is 3.57. The summed E-state index contributed by atoms with van der Waals surface area (Å²) in [4.78, 5) is 12.2. The maximum Gasteiger partial charge on any atom is 0.281 e. The molecular formula is C15H22ClN3O3S. The SMILES string of the molecule is CN(C)S(=O)(=O)N1CCC(C(=O)NCc2ccc(Cl)cc2)CC1. The molecule has 1 aliphatic heterocycles. The minimum absolute atomic E-state index is 0.0261. The van der Waals surface area contributed by atoms with Crippen molar-refractivity contribution in [2.24, 2.45) is 5.92 Å². The first-order valence-corrected chi connectivity index (χ1v) is 9.28. The second-order valence-electron chi connectivity index (χ2n) is 5.81. The molecule has 1 fully saturated rings. The number of hydrogen-bond donors (Lipinski definition) is 1. The Kier molecular flexibility index (Phi) is 6.02. The second kappa shape index (κ2) is 7.61. The van der Waals surface area contributed by atoms with Crippen molar-refractivity contribution in [3.8, 4) is 0 Å². The van der Waals surface area contributed by atoms with Crippen LogP contribution in [-0.2, 0) is 21.5 Å². The Labute approximate surface area is 142 Å². The molecule has 0 aromatic heterocycles. The zero-order valence-corrected chi connectivity index (χ0v) is 14.9. The Morgan fingerprint density at radius 2 is 1.83 bits per heavy atom. The second-order valence-corrected chi connectivity index (χ2v) is 8.39. The molecule has 0 aliphatic carbocycles. The van der Waals surface area contributed by atoms with Crippen molar-refractivity contribution in [3.05, 3.63) is 34.9 Å². The molecule has 0 unspecified atom stereocenters. The van der Waals surface area contributed by atoms with Crippen LogP contribution in [0.25, 0.3) is 0 Å². The third kappa shape index (κ3) is 4.67. The molecule has 0 saturated carbocycles. The minimum Gasteiger partial charge on any atom is -0.352 e. The van der Waals surface area contributed by atoms with Crippen LogP contribution in [-0.4, -0.2) is 50.1 Å². The summed E-state index contributed by atoms with van der Waals surface area (Å²) >= 11 is 5.82. The first-order valence-electron chi connectivity index (χ1n) is 7.50. The molecule has 1 aromatic rings. The number of halogens is 1. The molecule has 1 amide bonds. The van der Waals surface area contributed by atoms with E-state index in [2.05, 4.69) is 5.32 Å². The maximum atomic E-state index is 12.2. The van der Waals surface area contributed by atoms with Gasteiger partial charge in [0.15, 0.2) is 0 Å². The van der Waals surface area contributed by atoms with Gasteiger partial charge in [-0.25, -0.2) is 0 Å². The third-order valence-electron chi connectivity index (χ3n) is 3.99. The maximum absolute atomic E-state index is 12.2. The van der Waals surface area contributed by atoms with Gasteiger partial charge in [-0.15, -0.1) is 0 Å². The Morgan fingerprint density at radius 3 is 2.35 bits per heavy atom. The normalized spacial score (nSPS) is 17.4. The van der Waals surface area contributed by atoms with Crippen LogP contribution in [0, 0.1) is 5.92 Å². The lowest BCUT2D eigenvalue weighted by Gasteiger charge is -2.32. The quantitative estimate of drug-likeness (QED) is 0.865. The predicted molar refractivity (Wildman–Crippen MR) is 90.2 cm³/mol. The van der Waals surface area contributed by atoms with Gasteiger partial charge in [0, 0.05) is 44.7 Å². The smallest absolute Gasteiger partial charge is 0.281 e. The minimum atomic E-state index is -3.39.